The summed E-state index contributed by atoms with van der Waals surface area (Å²) in [6, 6.07) is 9.05. The number of ether oxygens (including phenoxy) is 4. The molecule has 5 atom stereocenters. The van der Waals surface area contributed by atoms with Crippen LogP contribution in [0.5, 0.6) is 17.2 Å². The summed E-state index contributed by atoms with van der Waals surface area (Å²) in [5.74, 6) is -2.75. The minimum Gasteiger partial charge on any atom is -0.508 e. The van der Waals surface area contributed by atoms with E-state index in [1.54, 1.807) is 24.3 Å². The Bertz CT molecular complexity index is 1390. The highest BCUT2D eigenvalue weighted by atomic mass is 16.7. The number of fused-ring (bicyclic) bond motifs is 1. The van der Waals surface area contributed by atoms with Gasteiger partial charge in [-0.15, -0.1) is 0 Å². The van der Waals surface area contributed by atoms with E-state index in [1.807, 2.05) is 6.92 Å². The highest BCUT2D eigenvalue weighted by Gasteiger charge is 2.49. The van der Waals surface area contributed by atoms with E-state index in [9.17, 15) is 29.7 Å². The minimum absolute atomic E-state index is 0.0582. The van der Waals surface area contributed by atoms with E-state index in [1.165, 1.54) is 13.0 Å². The number of aryl methyl sites for hydroxylation is 1. The summed E-state index contributed by atoms with van der Waals surface area (Å²) in [7, 11) is 0. The monoisotopic (exact) mass is 514 g/mol. The molecule has 196 valence electrons. The van der Waals surface area contributed by atoms with Gasteiger partial charge in [0.1, 0.15) is 22.5 Å². The van der Waals surface area contributed by atoms with Gasteiger partial charge in [0.25, 0.3) is 0 Å². The summed E-state index contributed by atoms with van der Waals surface area (Å²) < 4.78 is 27.9. The van der Waals surface area contributed by atoms with Crippen molar-refractivity contribution < 1.29 is 48.3 Å². The Balaban J connectivity index is 1.83. The molecular weight excluding hydrogens is 488 g/mol. The number of benzene rings is 2. The summed E-state index contributed by atoms with van der Waals surface area (Å²) in [5, 5.41) is 31.0. The second-order valence-electron chi connectivity index (χ2n) is 8.76. The molecular formula is C26H26O11. The number of carbonyl (C=O) groups is 2. The summed E-state index contributed by atoms with van der Waals surface area (Å²) in [6.45, 7) is 5.67. The molecule has 2 aromatic carbocycles. The van der Waals surface area contributed by atoms with Crippen LogP contribution in [0.3, 0.4) is 0 Å². The Labute approximate surface area is 210 Å². The Morgan fingerprint density at radius 3 is 2.22 bits per heavy atom. The van der Waals surface area contributed by atoms with Crippen LogP contribution in [0.4, 0.5) is 0 Å². The first-order valence-electron chi connectivity index (χ1n) is 11.4. The second-order valence-corrected chi connectivity index (χ2v) is 8.76. The molecule has 1 aromatic heterocycles. The maximum absolute atomic E-state index is 13.5. The molecule has 1 aliphatic heterocycles. The number of phenolic OH excluding ortho intramolecular Hbond substituents is 2. The van der Waals surface area contributed by atoms with E-state index in [2.05, 4.69) is 0 Å². The van der Waals surface area contributed by atoms with Crippen molar-refractivity contribution in [2.75, 3.05) is 0 Å². The number of aliphatic hydroxyl groups excluding tert-OH is 1. The van der Waals surface area contributed by atoms with Gasteiger partial charge in [0, 0.05) is 31.5 Å². The highest BCUT2D eigenvalue weighted by molar-refractivity contribution is 5.88. The average molecular weight is 514 g/mol. The van der Waals surface area contributed by atoms with Gasteiger partial charge in [-0.05, 0) is 13.8 Å². The Hall–Kier alpha value is -4.09. The Morgan fingerprint density at radius 2 is 1.59 bits per heavy atom. The van der Waals surface area contributed by atoms with Gasteiger partial charge in [-0.1, -0.05) is 29.8 Å². The van der Waals surface area contributed by atoms with E-state index in [4.69, 9.17) is 23.4 Å². The van der Waals surface area contributed by atoms with E-state index < -0.39 is 59.6 Å². The zero-order valence-electron chi connectivity index (χ0n) is 20.5. The first kappa shape index (κ1) is 26.0. The van der Waals surface area contributed by atoms with Crippen molar-refractivity contribution in [1.29, 1.82) is 0 Å². The predicted molar refractivity (Wildman–Crippen MR) is 128 cm³/mol. The van der Waals surface area contributed by atoms with Crippen LogP contribution < -0.4 is 10.2 Å². The molecule has 0 bridgehead atoms. The van der Waals surface area contributed by atoms with Gasteiger partial charge in [-0.25, -0.2) is 0 Å². The fourth-order valence-electron chi connectivity index (χ4n) is 4.15. The lowest BCUT2D eigenvalue weighted by Gasteiger charge is -2.41. The van der Waals surface area contributed by atoms with Crippen molar-refractivity contribution in [3.8, 4) is 28.6 Å². The number of phenols is 2. The summed E-state index contributed by atoms with van der Waals surface area (Å²) in [6.07, 6.45) is -6.67. The number of aliphatic hydroxyl groups is 1. The molecule has 4 rings (SSSR count). The molecule has 0 amide bonds. The molecule has 11 heteroatoms. The van der Waals surface area contributed by atoms with Crippen LogP contribution >= 0.6 is 0 Å². The summed E-state index contributed by atoms with van der Waals surface area (Å²) >= 11 is 0. The molecule has 0 spiro atoms. The third-order valence-electron chi connectivity index (χ3n) is 5.82. The van der Waals surface area contributed by atoms with E-state index >= 15 is 0 Å². The molecule has 0 radical (unpaired) electrons. The molecule has 11 nitrogen and oxygen atoms in total. The van der Waals surface area contributed by atoms with Gasteiger partial charge in [-0.3, -0.25) is 14.4 Å². The molecule has 3 aromatic rings. The van der Waals surface area contributed by atoms with Crippen molar-refractivity contribution in [2.45, 2.75) is 58.4 Å². The number of carbonyl (C=O) groups excluding carboxylic acids is 2. The van der Waals surface area contributed by atoms with Gasteiger partial charge in [0.15, 0.2) is 24.1 Å². The molecule has 1 aliphatic rings. The highest BCUT2D eigenvalue weighted by Crippen LogP contribution is 2.37. The Kier molecular flexibility index (Phi) is 7.10. The maximum atomic E-state index is 13.5. The van der Waals surface area contributed by atoms with E-state index in [0.29, 0.717) is 5.56 Å². The molecule has 2 heterocycles. The lowest BCUT2D eigenvalue weighted by atomic mass is 9.99. The number of aromatic hydroxyl groups is 2. The normalized spacial score (nSPS) is 23.4. The van der Waals surface area contributed by atoms with Crippen LogP contribution in [0.1, 0.15) is 26.3 Å². The van der Waals surface area contributed by atoms with Gasteiger partial charge in [0.05, 0.1) is 6.10 Å². The first-order valence-corrected chi connectivity index (χ1v) is 11.4. The van der Waals surface area contributed by atoms with Crippen LogP contribution in [0.15, 0.2) is 45.6 Å². The number of rotatable bonds is 5. The molecule has 37 heavy (non-hydrogen) atoms. The third kappa shape index (κ3) is 5.23. The van der Waals surface area contributed by atoms with Crippen LogP contribution in [0, 0.1) is 6.92 Å². The summed E-state index contributed by atoms with van der Waals surface area (Å²) in [5.41, 5.74) is 0.459. The molecule has 3 N–H and O–H groups in total. The topological polar surface area (TPSA) is 162 Å². The number of hydrogen-bond acceptors (Lipinski definition) is 11. The maximum Gasteiger partial charge on any atom is 0.303 e. The molecule has 0 saturated carbocycles. The SMILES string of the molecule is CC(=O)O[C@@H]1[C@@H](OC(C)=O)[C@@H](O)[C@H](Oc2c(-c3ccc(C)cc3)oc3cc(O)cc(O)c3c2=O)O[C@H]1C. The molecule has 0 aliphatic carbocycles. The van der Waals surface area contributed by atoms with Crippen LogP contribution in [-0.4, -0.2) is 58.0 Å². The van der Waals surface area contributed by atoms with Crippen molar-refractivity contribution >= 4 is 22.9 Å². The van der Waals surface area contributed by atoms with E-state index in [0.717, 1.165) is 25.5 Å². The average Bonchev–Trinajstić information content (AvgIpc) is 2.80. The second kappa shape index (κ2) is 10.1. The lowest BCUT2D eigenvalue weighted by molar-refractivity contribution is -0.276. The largest absolute Gasteiger partial charge is 0.508 e. The van der Waals surface area contributed by atoms with Gasteiger partial charge < -0.3 is 38.7 Å². The predicted octanol–water partition coefficient (Wildman–Crippen LogP) is 2.53. The van der Waals surface area contributed by atoms with Crippen LogP contribution in [-0.2, 0) is 23.8 Å². The molecule has 0 unspecified atom stereocenters. The molecule has 1 saturated heterocycles. The van der Waals surface area contributed by atoms with Crippen molar-refractivity contribution in [3.05, 3.63) is 52.2 Å². The van der Waals surface area contributed by atoms with Gasteiger partial charge >= 0.3 is 11.9 Å². The molecule has 1 fully saturated rings. The van der Waals surface area contributed by atoms with Crippen molar-refractivity contribution in [1.82, 2.24) is 0 Å². The summed E-state index contributed by atoms with van der Waals surface area (Å²) in [4.78, 5) is 36.9. The standard InChI is InChI=1S/C26H26O11/c1-11-5-7-15(8-6-11)23-24(20(31)19-17(30)9-16(29)10-18(19)36-23)37-26-21(32)25(35-14(4)28)22(12(2)33-26)34-13(3)27/h5-10,12,21-22,25-26,29-30,32H,1-4H3/t12-,21+,22-,25-,26-/m0/s1. The van der Waals surface area contributed by atoms with Crippen molar-refractivity contribution in [3.63, 3.8) is 0 Å². The van der Waals surface area contributed by atoms with E-state index in [-0.39, 0.29) is 22.5 Å². The zero-order chi connectivity index (χ0) is 27.0. The number of hydrogen-bond donors (Lipinski definition) is 3. The quantitative estimate of drug-likeness (QED) is 0.429. The Morgan fingerprint density at radius 1 is 0.973 bits per heavy atom. The number of esters is 2. The van der Waals surface area contributed by atoms with Gasteiger partial charge in [0.2, 0.25) is 17.5 Å². The minimum atomic E-state index is -1.68. The van der Waals surface area contributed by atoms with Crippen molar-refractivity contribution in [2.24, 2.45) is 0 Å². The van der Waals surface area contributed by atoms with Crippen LogP contribution in [0.25, 0.3) is 22.3 Å². The smallest absolute Gasteiger partial charge is 0.303 e. The first-order chi connectivity index (χ1) is 17.5. The fourth-order valence-corrected chi connectivity index (χ4v) is 4.15. The van der Waals surface area contributed by atoms with Gasteiger partial charge in [-0.2, -0.15) is 0 Å². The fraction of sp³-hybridized carbons (Fsp3) is 0.346. The third-order valence-corrected chi connectivity index (χ3v) is 5.82. The zero-order valence-corrected chi connectivity index (χ0v) is 20.5. The lowest BCUT2D eigenvalue weighted by Crippen LogP contribution is -2.61. The van der Waals surface area contributed by atoms with Crippen LogP contribution in [0.2, 0.25) is 0 Å².